The number of rotatable bonds is 8. The number of likely N-dealkylation sites (N-methyl/N-ethyl adjacent to an activating group) is 2. The molecule has 1 aromatic rings. The molecule has 0 aliphatic heterocycles. The highest BCUT2D eigenvalue weighted by molar-refractivity contribution is 6.32. The van der Waals surface area contributed by atoms with E-state index in [1.54, 1.807) is 6.20 Å². The van der Waals surface area contributed by atoms with Crippen LogP contribution in [0.4, 0.5) is 5.69 Å². The zero-order valence-electron chi connectivity index (χ0n) is 11.7. The molecule has 0 spiro atoms. The number of nitrogens with zero attached hydrogens (tertiary/aromatic N) is 3. The van der Waals surface area contributed by atoms with E-state index in [2.05, 4.69) is 15.7 Å². The van der Waals surface area contributed by atoms with Crippen molar-refractivity contribution in [1.29, 1.82) is 0 Å². The fourth-order valence-corrected chi connectivity index (χ4v) is 1.72. The Bertz CT molecular complexity index is 446. The predicted molar refractivity (Wildman–Crippen MR) is 79.1 cm³/mol. The van der Waals surface area contributed by atoms with Gasteiger partial charge in [0, 0.05) is 19.6 Å². The summed E-state index contributed by atoms with van der Waals surface area (Å²) >= 11 is 6.06. The molecule has 7 heteroatoms. The highest BCUT2D eigenvalue weighted by Crippen LogP contribution is 2.14. The van der Waals surface area contributed by atoms with Crippen LogP contribution in [0.15, 0.2) is 11.0 Å². The van der Waals surface area contributed by atoms with Crippen molar-refractivity contribution in [3.63, 3.8) is 0 Å². The van der Waals surface area contributed by atoms with Gasteiger partial charge >= 0.3 is 0 Å². The SMILES string of the molecule is CCNCCNc1cnn(CCN(C)C)c(=O)c1Cl. The molecule has 2 N–H and O–H groups in total. The molecule has 0 aromatic carbocycles. The molecule has 0 aliphatic rings. The van der Waals surface area contributed by atoms with Crippen LogP contribution in [0, 0.1) is 0 Å². The molecule has 0 saturated heterocycles. The van der Waals surface area contributed by atoms with Crippen LogP contribution in [0.3, 0.4) is 0 Å². The van der Waals surface area contributed by atoms with Gasteiger partial charge in [-0.05, 0) is 20.6 Å². The lowest BCUT2D eigenvalue weighted by molar-refractivity contribution is 0.367. The van der Waals surface area contributed by atoms with E-state index in [1.165, 1.54) is 4.68 Å². The predicted octanol–water partition coefficient (Wildman–Crippen LogP) is 0.480. The first-order valence-electron chi connectivity index (χ1n) is 6.41. The largest absolute Gasteiger partial charge is 0.381 e. The van der Waals surface area contributed by atoms with E-state index < -0.39 is 0 Å². The Hall–Kier alpha value is -1.11. The Morgan fingerprint density at radius 3 is 2.79 bits per heavy atom. The molecule has 0 unspecified atom stereocenters. The molecule has 0 amide bonds. The van der Waals surface area contributed by atoms with Gasteiger partial charge in [0.1, 0.15) is 5.02 Å². The van der Waals surface area contributed by atoms with Crippen molar-refractivity contribution in [2.24, 2.45) is 0 Å². The fourth-order valence-electron chi connectivity index (χ4n) is 1.50. The van der Waals surface area contributed by atoms with Crippen molar-refractivity contribution in [1.82, 2.24) is 20.0 Å². The molecule has 1 aromatic heterocycles. The van der Waals surface area contributed by atoms with E-state index in [1.807, 2.05) is 25.9 Å². The van der Waals surface area contributed by atoms with Crippen molar-refractivity contribution < 1.29 is 0 Å². The first-order valence-corrected chi connectivity index (χ1v) is 6.79. The van der Waals surface area contributed by atoms with Crippen LogP contribution < -0.4 is 16.2 Å². The Kier molecular flexibility index (Phi) is 6.83. The van der Waals surface area contributed by atoms with Crippen molar-refractivity contribution in [2.75, 3.05) is 45.6 Å². The second-order valence-corrected chi connectivity index (χ2v) is 4.86. The third-order valence-electron chi connectivity index (χ3n) is 2.61. The monoisotopic (exact) mass is 287 g/mol. The van der Waals surface area contributed by atoms with E-state index in [4.69, 9.17) is 11.6 Å². The van der Waals surface area contributed by atoms with Crippen LogP contribution in [0.1, 0.15) is 6.92 Å². The molecule has 0 saturated carbocycles. The molecule has 0 bridgehead atoms. The Labute approximate surface area is 118 Å². The lowest BCUT2D eigenvalue weighted by atomic mass is 10.4. The summed E-state index contributed by atoms with van der Waals surface area (Å²) in [5, 5.41) is 10.6. The summed E-state index contributed by atoms with van der Waals surface area (Å²) in [5.41, 5.74) is 0.336. The molecule has 19 heavy (non-hydrogen) atoms. The molecule has 1 heterocycles. The second kappa shape index (κ2) is 8.14. The molecule has 108 valence electrons. The van der Waals surface area contributed by atoms with E-state index in [9.17, 15) is 4.79 Å². The van der Waals surface area contributed by atoms with E-state index >= 15 is 0 Å². The van der Waals surface area contributed by atoms with Gasteiger partial charge in [-0.15, -0.1) is 0 Å². The van der Waals surface area contributed by atoms with Gasteiger partial charge in [0.05, 0.1) is 18.4 Å². The maximum absolute atomic E-state index is 12.0. The average molecular weight is 288 g/mol. The van der Waals surface area contributed by atoms with Gasteiger partial charge in [0.2, 0.25) is 0 Å². The van der Waals surface area contributed by atoms with Crippen LogP contribution in [-0.4, -0.2) is 55.0 Å². The van der Waals surface area contributed by atoms with Gasteiger partial charge in [0.15, 0.2) is 0 Å². The van der Waals surface area contributed by atoms with E-state index in [-0.39, 0.29) is 10.6 Å². The van der Waals surface area contributed by atoms with Gasteiger partial charge in [-0.2, -0.15) is 5.10 Å². The van der Waals surface area contributed by atoms with Crippen LogP contribution >= 0.6 is 11.6 Å². The number of aromatic nitrogens is 2. The van der Waals surface area contributed by atoms with Crippen LogP contribution in [0.25, 0.3) is 0 Å². The summed E-state index contributed by atoms with van der Waals surface area (Å²) in [4.78, 5) is 14.0. The third kappa shape index (κ3) is 5.18. The Morgan fingerprint density at radius 2 is 2.16 bits per heavy atom. The summed E-state index contributed by atoms with van der Waals surface area (Å²) in [7, 11) is 3.90. The highest BCUT2D eigenvalue weighted by Gasteiger charge is 2.08. The lowest BCUT2D eigenvalue weighted by Gasteiger charge is -2.12. The minimum Gasteiger partial charge on any atom is -0.381 e. The smallest absolute Gasteiger partial charge is 0.287 e. The molecule has 0 radical (unpaired) electrons. The van der Waals surface area contributed by atoms with Gasteiger partial charge in [-0.3, -0.25) is 4.79 Å². The molecular weight excluding hydrogens is 266 g/mol. The third-order valence-corrected chi connectivity index (χ3v) is 2.98. The van der Waals surface area contributed by atoms with Gasteiger partial charge < -0.3 is 15.5 Å². The highest BCUT2D eigenvalue weighted by atomic mass is 35.5. The summed E-state index contributed by atoms with van der Waals surface area (Å²) < 4.78 is 1.39. The molecule has 0 aliphatic carbocycles. The van der Waals surface area contributed by atoms with Crippen LogP contribution in [0.5, 0.6) is 0 Å². The maximum atomic E-state index is 12.0. The number of nitrogens with one attached hydrogen (secondary N) is 2. The van der Waals surface area contributed by atoms with E-state index in [0.717, 1.165) is 19.6 Å². The van der Waals surface area contributed by atoms with Gasteiger partial charge in [-0.1, -0.05) is 18.5 Å². The van der Waals surface area contributed by atoms with Crippen molar-refractivity contribution in [3.05, 3.63) is 21.6 Å². The average Bonchev–Trinajstić information content (AvgIpc) is 2.38. The van der Waals surface area contributed by atoms with Gasteiger partial charge in [-0.25, -0.2) is 4.68 Å². The first kappa shape index (κ1) is 15.9. The lowest BCUT2D eigenvalue weighted by Crippen LogP contribution is -2.29. The zero-order valence-corrected chi connectivity index (χ0v) is 12.5. The Morgan fingerprint density at radius 1 is 1.42 bits per heavy atom. The molecule has 0 atom stereocenters. The molecule has 1 rings (SSSR count). The quantitative estimate of drug-likeness (QED) is 0.681. The molecular formula is C12H22ClN5O. The zero-order chi connectivity index (χ0) is 14.3. The van der Waals surface area contributed by atoms with Crippen LogP contribution in [-0.2, 0) is 6.54 Å². The normalized spacial score (nSPS) is 11.0. The first-order chi connectivity index (χ1) is 9.06. The second-order valence-electron chi connectivity index (χ2n) is 4.48. The van der Waals surface area contributed by atoms with Crippen molar-refractivity contribution >= 4 is 17.3 Å². The molecule has 0 fully saturated rings. The molecule has 6 nitrogen and oxygen atoms in total. The number of hydrogen-bond acceptors (Lipinski definition) is 5. The van der Waals surface area contributed by atoms with E-state index in [0.29, 0.717) is 18.8 Å². The summed E-state index contributed by atoms with van der Waals surface area (Å²) in [5.74, 6) is 0. The minimum atomic E-state index is -0.253. The number of halogens is 1. The summed E-state index contributed by atoms with van der Waals surface area (Å²) in [6, 6.07) is 0. The van der Waals surface area contributed by atoms with Crippen molar-refractivity contribution in [2.45, 2.75) is 13.5 Å². The number of anilines is 1. The summed E-state index contributed by atoms with van der Waals surface area (Å²) in [6.45, 7) is 5.76. The minimum absolute atomic E-state index is 0.199. The van der Waals surface area contributed by atoms with Gasteiger partial charge in [0.25, 0.3) is 5.56 Å². The van der Waals surface area contributed by atoms with Crippen LogP contribution in [0.2, 0.25) is 5.02 Å². The Balaban J connectivity index is 2.66. The standard InChI is InChI=1S/C12H22ClN5O/c1-4-14-5-6-15-10-9-16-18(8-7-17(2)3)12(19)11(10)13/h9,14-15H,4-8H2,1-3H3. The summed E-state index contributed by atoms with van der Waals surface area (Å²) in [6.07, 6.45) is 1.60. The topological polar surface area (TPSA) is 62.2 Å². The fraction of sp³-hybridized carbons (Fsp3) is 0.667. The van der Waals surface area contributed by atoms with Crippen molar-refractivity contribution in [3.8, 4) is 0 Å². The number of hydrogen-bond donors (Lipinski definition) is 2. The maximum Gasteiger partial charge on any atom is 0.287 e.